The summed E-state index contributed by atoms with van der Waals surface area (Å²) in [7, 11) is -3.68. The van der Waals surface area contributed by atoms with Gasteiger partial charge in [-0.25, -0.2) is 13.2 Å². The van der Waals surface area contributed by atoms with Gasteiger partial charge in [0.15, 0.2) is 6.10 Å². The number of hydrogen-bond acceptors (Lipinski definition) is 5. The SMILES string of the molecule is C[C@H](OC(=O)/C=C/c1ccccc1)C(=O)Nc1cc(S(=O)(=O)N2CCCCC2)ccc1Cl. The first-order chi connectivity index (χ1) is 15.3. The first-order valence-corrected chi connectivity index (χ1v) is 12.1. The fraction of sp³-hybridized carbons (Fsp3) is 0.304. The van der Waals surface area contributed by atoms with Gasteiger partial charge in [0, 0.05) is 19.2 Å². The van der Waals surface area contributed by atoms with Gasteiger partial charge in [0.25, 0.3) is 5.91 Å². The van der Waals surface area contributed by atoms with Crippen LogP contribution in [0.25, 0.3) is 6.08 Å². The Bertz CT molecular complexity index is 1100. The maximum absolute atomic E-state index is 12.9. The number of anilines is 1. The Labute approximate surface area is 193 Å². The van der Waals surface area contributed by atoms with E-state index in [1.54, 1.807) is 6.08 Å². The van der Waals surface area contributed by atoms with E-state index < -0.39 is 28.0 Å². The predicted molar refractivity (Wildman–Crippen MR) is 124 cm³/mol. The molecule has 0 aliphatic carbocycles. The number of rotatable bonds is 7. The van der Waals surface area contributed by atoms with Crippen molar-refractivity contribution in [3.05, 3.63) is 65.2 Å². The third-order valence-electron chi connectivity index (χ3n) is 5.02. The highest BCUT2D eigenvalue weighted by Crippen LogP contribution is 2.28. The van der Waals surface area contributed by atoms with Crippen LogP contribution >= 0.6 is 11.6 Å². The van der Waals surface area contributed by atoms with Gasteiger partial charge in [-0.1, -0.05) is 48.4 Å². The molecule has 1 heterocycles. The molecular weight excluding hydrogens is 452 g/mol. The molecule has 3 rings (SSSR count). The first kappa shape index (κ1) is 24.0. The molecule has 2 aromatic carbocycles. The van der Waals surface area contributed by atoms with E-state index in [1.807, 2.05) is 30.3 Å². The van der Waals surface area contributed by atoms with Crippen LogP contribution in [-0.2, 0) is 24.3 Å². The molecule has 9 heteroatoms. The van der Waals surface area contributed by atoms with Crippen molar-refractivity contribution in [2.45, 2.75) is 37.2 Å². The molecule has 1 amide bonds. The van der Waals surface area contributed by atoms with Crippen molar-refractivity contribution in [3.63, 3.8) is 0 Å². The Hall–Kier alpha value is -2.68. The molecule has 0 unspecified atom stereocenters. The van der Waals surface area contributed by atoms with Gasteiger partial charge in [0.1, 0.15) is 0 Å². The van der Waals surface area contributed by atoms with Crippen LogP contribution in [0.15, 0.2) is 59.5 Å². The molecule has 1 aliphatic rings. The number of piperidine rings is 1. The second-order valence-electron chi connectivity index (χ2n) is 7.42. The van der Waals surface area contributed by atoms with Gasteiger partial charge in [0.2, 0.25) is 10.0 Å². The summed E-state index contributed by atoms with van der Waals surface area (Å²) >= 11 is 6.16. The van der Waals surface area contributed by atoms with Crippen LogP contribution in [-0.4, -0.2) is 43.8 Å². The highest BCUT2D eigenvalue weighted by Gasteiger charge is 2.27. The van der Waals surface area contributed by atoms with E-state index in [2.05, 4.69) is 5.32 Å². The smallest absolute Gasteiger partial charge is 0.331 e. The summed E-state index contributed by atoms with van der Waals surface area (Å²) in [6.07, 6.45) is 4.35. The minimum atomic E-state index is -3.68. The fourth-order valence-corrected chi connectivity index (χ4v) is 4.95. The van der Waals surface area contributed by atoms with Crippen LogP contribution < -0.4 is 5.32 Å². The van der Waals surface area contributed by atoms with Crippen LogP contribution in [0.1, 0.15) is 31.7 Å². The average Bonchev–Trinajstić information content (AvgIpc) is 2.80. The number of halogens is 1. The molecule has 1 saturated heterocycles. The number of nitrogens with one attached hydrogen (secondary N) is 1. The van der Waals surface area contributed by atoms with E-state index >= 15 is 0 Å². The minimum absolute atomic E-state index is 0.0505. The summed E-state index contributed by atoms with van der Waals surface area (Å²) in [5, 5.41) is 2.73. The molecule has 2 aromatic rings. The molecule has 32 heavy (non-hydrogen) atoms. The molecule has 0 radical (unpaired) electrons. The highest BCUT2D eigenvalue weighted by molar-refractivity contribution is 7.89. The van der Waals surface area contributed by atoms with Gasteiger partial charge in [-0.05, 0) is 49.6 Å². The fourth-order valence-electron chi connectivity index (χ4n) is 3.24. The molecule has 0 bridgehead atoms. The lowest BCUT2D eigenvalue weighted by atomic mass is 10.2. The van der Waals surface area contributed by atoms with E-state index in [-0.39, 0.29) is 15.6 Å². The predicted octanol–water partition coefficient (Wildman–Crippen LogP) is 4.10. The van der Waals surface area contributed by atoms with Crippen molar-refractivity contribution in [1.29, 1.82) is 0 Å². The monoisotopic (exact) mass is 476 g/mol. The van der Waals surface area contributed by atoms with Crippen LogP contribution in [0, 0.1) is 0 Å². The van der Waals surface area contributed by atoms with Gasteiger partial charge < -0.3 is 10.1 Å². The van der Waals surface area contributed by atoms with Gasteiger partial charge in [-0.2, -0.15) is 4.31 Å². The topological polar surface area (TPSA) is 92.8 Å². The van der Waals surface area contributed by atoms with Crippen molar-refractivity contribution in [2.24, 2.45) is 0 Å². The number of carbonyl (C=O) groups is 2. The zero-order valence-electron chi connectivity index (χ0n) is 17.7. The lowest BCUT2D eigenvalue weighted by molar-refractivity contribution is -0.148. The van der Waals surface area contributed by atoms with Crippen molar-refractivity contribution in [1.82, 2.24) is 4.31 Å². The highest BCUT2D eigenvalue weighted by atomic mass is 35.5. The number of benzene rings is 2. The zero-order chi connectivity index (χ0) is 23.1. The van der Waals surface area contributed by atoms with Gasteiger partial charge in [-0.15, -0.1) is 0 Å². The van der Waals surface area contributed by atoms with Crippen molar-refractivity contribution in [3.8, 4) is 0 Å². The van der Waals surface area contributed by atoms with Crippen molar-refractivity contribution >= 4 is 45.3 Å². The second kappa shape index (κ2) is 10.8. The van der Waals surface area contributed by atoms with Crippen LogP contribution in [0.2, 0.25) is 5.02 Å². The number of esters is 1. The maximum atomic E-state index is 12.9. The molecular formula is C23H25ClN2O5S. The molecule has 1 N–H and O–H groups in total. The summed E-state index contributed by atoms with van der Waals surface area (Å²) in [6.45, 7) is 2.36. The molecule has 1 atom stereocenters. The summed E-state index contributed by atoms with van der Waals surface area (Å²) in [5.41, 5.74) is 0.956. The van der Waals surface area contributed by atoms with E-state index in [9.17, 15) is 18.0 Å². The second-order valence-corrected chi connectivity index (χ2v) is 9.76. The number of sulfonamides is 1. The first-order valence-electron chi connectivity index (χ1n) is 10.3. The van der Waals surface area contributed by atoms with Gasteiger partial charge >= 0.3 is 5.97 Å². The maximum Gasteiger partial charge on any atom is 0.331 e. The van der Waals surface area contributed by atoms with Crippen LogP contribution in [0.5, 0.6) is 0 Å². The normalized spacial score (nSPS) is 15.9. The third-order valence-corrected chi connectivity index (χ3v) is 7.25. The lowest BCUT2D eigenvalue weighted by Crippen LogP contribution is -2.35. The summed E-state index contributed by atoms with van der Waals surface area (Å²) < 4.78 is 32.4. The molecule has 7 nitrogen and oxygen atoms in total. The molecule has 1 aliphatic heterocycles. The van der Waals surface area contributed by atoms with E-state index in [0.29, 0.717) is 13.1 Å². The molecule has 0 saturated carbocycles. The van der Waals surface area contributed by atoms with E-state index in [0.717, 1.165) is 24.8 Å². The average molecular weight is 477 g/mol. The Morgan fingerprint density at radius 3 is 2.47 bits per heavy atom. The Kier molecular flexibility index (Phi) is 8.06. The summed E-state index contributed by atoms with van der Waals surface area (Å²) in [5.74, 6) is -1.30. The molecule has 0 spiro atoms. The van der Waals surface area contributed by atoms with Crippen molar-refractivity contribution < 1.29 is 22.7 Å². The van der Waals surface area contributed by atoms with Crippen molar-refractivity contribution in [2.75, 3.05) is 18.4 Å². The number of hydrogen-bond donors (Lipinski definition) is 1. The van der Waals surface area contributed by atoms with E-state index in [1.165, 1.54) is 35.5 Å². The van der Waals surface area contributed by atoms with Crippen LogP contribution in [0.3, 0.4) is 0 Å². The van der Waals surface area contributed by atoms with Gasteiger partial charge in [-0.3, -0.25) is 4.79 Å². The zero-order valence-corrected chi connectivity index (χ0v) is 19.2. The number of nitrogens with zero attached hydrogens (tertiary/aromatic N) is 1. The number of carbonyl (C=O) groups excluding carboxylic acids is 2. The van der Waals surface area contributed by atoms with Crippen LogP contribution in [0.4, 0.5) is 5.69 Å². The molecule has 170 valence electrons. The quantitative estimate of drug-likeness (QED) is 0.479. The Morgan fingerprint density at radius 2 is 1.78 bits per heavy atom. The standard InChI is InChI=1S/C23H25ClN2O5S/c1-17(31-22(27)13-10-18-8-4-2-5-9-18)23(28)25-21-16-19(11-12-20(21)24)32(29,30)26-14-6-3-7-15-26/h2,4-5,8-13,16-17H,3,6-7,14-15H2,1H3,(H,25,28)/b13-10+/t17-/m0/s1. The molecule has 1 fully saturated rings. The Morgan fingerprint density at radius 1 is 1.09 bits per heavy atom. The number of ether oxygens (including phenoxy) is 1. The largest absolute Gasteiger partial charge is 0.449 e. The Balaban J connectivity index is 1.65. The minimum Gasteiger partial charge on any atom is -0.449 e. The van der Waals surface area contributed by atoms with E-state index in [4.69, 9.17) is 16.3 Å². The summed E-state index contributed by atoms with van der Waals surface area (Å²) in [6, 6.07) is 13.4. The summed E-state index contributed by atoms with van der Waals surface area (Å²) in [4.78, 5) is 24.6. The lowest BCUT2D eigenvalue weighted by Gasteiger charge is -2.26. The molecule has 0 aromatic heterocycles. The van der Waals surface area contributed by atoms with Gasteiger partial charge in [0.05, 0.1) is 15.6 Å². The number of amides is 1. The third kappa shape index (κ3) is 6.18.